The largest absolute Gasteiger partial charge is 0.453 e. The lowest BCUT2D eigenvalue weighted by atomic mass is 10.2. The minimum Gasteiger partial charge on any atom is -0.453 e. The maximum absolute atomic E-state index is 11.6. The van der Waals surface area contributed by atoms with Gasteiger partial charge in [-0.3, -0.25) is 0 Å². The standard InChI is InChI=1S/C16H16N2O2/c1-2-3-4-8-13-20-16(19)15(18-17)12-11-14-9-6-5-7-10-14/h2-12H,13H2,1H3/b3-2+,8-4-,12-11+. The maximum atomic E-state index is 11.6. The van der Waals surface area contributed by atoms with Crippen LogP contribution in [0.3, 0.4) is 0 Å². The normalized spacial score (nSPS) is 11.1. The lowest BCUT2D eigenvalue weighted by Crippen LogP contribution is -2.16. The minimum absolute atomic E-state index is 0.126. The monoisotopic (exact) mass is 268 g/mol. The smallest absolute Gasteiger partial charge is 0.421 e. The van der Waals surface area contributed by atoms with Gasteiger partial charge in [0.05, 0.1) is 0 Å². The van der Waals surface area contributed by atoms with E-state index in [1.54, 1.807) is 18.2 Å². The SMILES string of the molecule is C/C=C/C=C\COC(=O)C(/C=C/c1ccccc1)=[N+]=[N-]. The van der Waals surface area contributed by atoms with Gasteiger partial charge < -0.3 is 10.3 Å². The number of ether oxygens (including phenoxy) is 1. The number of nitrogens with zero attached hydrogens (tertiary/aromatic N) is 2. The van der Waals surface area contributed by atoms with Gasteiger partial charge in [0.1, 0.15) is 6.61 Å². The van der Waals surface area contributed by atoms with Crippen molar-refractivity contribution < 1.29 is 14.3 Å². The number of allylic oxidation sites excluding steroid dienone is 3. The van der Waals surface area contributed by atoms with E-state index in [2.05, 4.69) is 4.79 Å². The first-order valence-corrected chi connectivity index (χ1v) is 6.18. The summed E-state index contributed by atoms with van der Waals surface area (Å²) in [4.78, 5) is 14.5. The fourth-order valence-electron chi connectivity index (χ4n) is 1.32. The molecule has 0 aliphatic heterocycles. The van der Waals surface area contributed by atoms with E-state index in [4.69, 9.17) is 10.3 Å². The second-order valence-corrected chi connectivity index (χ2v) is 3.78. The maximum Gasteiger partial charge on any atom is 0.421 e. The fourth-order valence-corrected chi connectivity index (χ4v) is 1.32. The lowest BCUT2D eigenvalue weighted by Gasteiger charge is -1.95. The molecule has 0 bridgehead atoms. The molecule has 0 amide bonds. The van der Waals surface area contributed by atoms with Gasteiger partial charge in [-0.2, -0.15) is 4.79 Å². The lowest BCUT2D eigenvalue weighted by molar-refractivity contribution is -0.138. The summed E-state index contributed by atoms with van der Waals surface area (Å²) in [6, 6.07) is 9.39. The van der Waals surface area contributed by atoms with Gasteiger partial charge in [0.2, 0.25) is 0 Å². The minimum atomic E-state index is -0.676. The van der Waals surface area contributed by atoms with Crippen molar-refractivity contribution in [1.82, 2.24) is 0 Å². The van der Waals surface area contributed by atoms with Crippen LogP contribution in [0.25, 0.3) is 11.6 Å². The van der Waals surface area contributed by atoms with Gasteiger partial charge in [0, 0.05) is 6.08 Å². The Morgan fingerprint density at radius 3 is 2.70 bits per heavy atom. The van der Waals surface area contributed by atoms with Crippen LogP contribution < -0.4 is 0 Å². The second kappa shape index (κ2) is 9.25. The van der Waals surface area contributed by atoms with E-state index in [1.165, 1.54) is 6.08 Å². The number of benzene rings is 1. The van der Waals surface area contributed by atoms with E-state index < -0.39 is 5.97 Å². The predicted molar refractivity (Wildman–Crippen MR) is 79.0 cm³/mol. The molecular weight excluding hydrogens is 252 g/mol. The van der Waals surface area contributed by atoms with Gasteiger partial charge in [0.15, 0.2) is 0 Å². The summed E-state index contributed by atoms with van der Waals surface area (Å²) in [5.74, 6) is -0.676. The van der Waals surface area contributed by atoms with Crippen LogP contribution in [0.15, 0.2) is 60.7 Å². The Morgan fingerprint density at radius 1 is 1.30 bits per heavy atom. The first-order chi connectivity index (χ1) is 9.77. The molecule has 0 aliphatic carbocycles. The molecule has 0 aromatic heterocycles. The molecule has 0 aliphatic rings. The Kier molecular flexibility index (Phi) is 7.10. The summed E-state index contributed by atoms with van der Waals surface area (Å²) in [6.45, 7) is 2.02. The molecule has 0 heterocycles. The highest BCUT2D eigenvalue weighted by atomic mass is 16.5. The summed E-state index contributed by atoms with van der Waals surface area (Å²) in [6.07, 6.45) is 10.2. The van der Waals surface area contributed by atoms with Crippen LogP contribution in [-0.2, 0) is 9.53 Å². The van der Waals surface area contributed by atoms with Gasteiger partial charge in [-0.25, -0.2) is 4.79 Å². The average Bonchev–Trinajstić information content (AvgIpc) is 2.48. The summed E-state index contributed by atoms with van der Waals surface area (Å²) in [7, 11) is 0. The van der Waals surface area contributed by atoms with Gasteiger partial charge in [0.25, 0.3) is 0 Å². The van der Waals surface area contributed by atoms with Crippen LogP contribution >= 0.6 is 0 Å². The van der Waals surface area contributed by atoms with Crippen molar-refractivity contribution in [3.05, 3.63) is 71.8 Å². The first kappa shape index (κ1) is 15.3. The van der Waals surface area contributed by atoms with E-state index >= 15 is 0 Å². The van der Waals surface area contributed by atoms with Crippen LogP contribution in [-0.4, -0.2) is 23.1 Å². The zero-order valence-corrected chi connectivity index (χ0v) is 11.3. The number of carbonyl (C=O) groups excluding carboxylic acids is 1. The van der Waals surface area contributed by atoms with E-state index in [0.717, 1.165) is 5.56 Å². The first-order valence-electron chi connectivity index (χ1n) is 6.18. The Bertz CT molecular complexity index is 565. The molecule has 0 N–H and O–H groups in total. The summed E-state index contributed by atoms with van der Waals surface area (Å²) in [5, 5.41) is 0. The Hall–Kier alpha value is -2.71. The zero-order chi connectivity index (χ0) is 14.6. The molecule has 1 aromatic carbocycles. The summed E-state index contributed by atoms with van der Waals surface area (Å²) < 4.78 is 4.93. The van der Waals surface area contributed by atoms with Crippen molar-refractivity contribution in [3.8, 4) is 0 Å². The molecular formula is C16H16N2O2. The molecule has 102 valence electrons. The topological polar surface area (TPSA) is 62.7 Å². The van der Waals surface area contributed by atoms with E-state index in [9.17, 15) is 4.79 Å². The third-order valence-corrected chi connectivity index (χ3v) is 2.30. The third-order valence-electron chi connectivity index (χ3n) is 2.30. The van der Waals surface area contributed by atoms with Crippen molar-refractivity contribution in [1.29, 1.82) is 0 Å². The van der Waals surface area contributed by atoms with Crippen LogP contribution in [0, 0.1) is 0 Å². The molecule has 1 aromatic rings. The van der Waals surface area contributed by atoms with Crippen molar-refractivity contribution in [2.45, 2.75) is 6.92 Å². The van der Waals surface area contributed by atoms with Gasteiger partial charge >= 0.3 is 11.7 Å². The van der Waals surface area contributed by atoms with E-state index in [-0.39, 0.29) is 12.3 Å². The zero-order valence-electron chi connectivity index (χ0n) is 11.3. The average molecular weight is 268 g/mol. The van der Waals surface area contributed by atoms with Crippen molar-refractivity contribution >= 4 is 17.8 Å². The summed E-state index contributed by atoms with van der Waals surface area (Å²) in [5.41, 5.74) is 9.57. The predicted octanol–water partition coefficient (Wildman–Crippen LogP) is 3.05. The number of esters is 1. The number of hydrogen-bond acceptors (Lipinski definition) is 2. The Balaban J connectivity index is 2.56. The Morgan fingerprint density at radius 2 is 2.05 bits per heavy atom. The van der Waals surface area contributed by atoms with Gasteiger partial charge in [-0.15, -0.1) is 0 Å². The van der Waals surface area contributed by atoms with Gasteiger partial charge in [-0.05, 0) is 24.6 Å². The van der Waals surface area contributed by atoms with E-state index in [0.29, 0.717) is 0 Å². The van der Waals surface area contributed by atoms with E-state index in [1.807, 2.05) is 49.4 Å². The molecule has 1 rings (SSSR count). The molecule has 0 spiro atoms. The Labute approximate surface area is 118 Å². The molecule has 0 radical (unpaired) electrons. The molecule has 4 nitrogen and oxygen atoms in total. The molecule has 0 fully saturated rings. The molecule has 0 unspecified atom stereocenters. The quantitative estimate of drug-likeness (QED) is 0.262. The van der Waals surface area contributed by atoms with Crippen LogP contribution in [0.2, 0.25) is 0 Å². The highest BCUT2D eigenvalue weighted by molar-refractivity contribution is 6.39. The van der Waals surface area contributed by atoms with Gasteiger partial charge in [-0.1, -0.05) is 48.6 Å². The third kappa shape index (κ3) is 5.76. The number of rotatable bonds is 6. The van der Waals surface area contributed by atoms with Crippen LogP contribution in [0.4, 0.5) is 0 Å². The molecule has 20 heavy (non-hydrogen) atoms. The summed E-state index contributed by atoms with van der Waals surface area (Å²) >= 11 is 0. The number of carbonyl (C=O) groups is 1. The molecule has 4 heteroatoms. The molecule has 0 saturated carbocycles. The highest BCUT2D eigenvalue weighted by Crippen LogP contribution is 2.01. The van der Waals surface area contributed by atoms with Crippen molar-refractivity contribution in [3.63, 3.8) is 0 Å². The van der Waals surface area contributed by atoms with Crippen molar-refractivity contribution in [2.24, 2.45) is 0 Å². The highest BCUT2D eigenvalue weighted by Gasteiger charge is 2.17. The second-order valence-electron chi connectivity index (χ2n) is 3.78. The number of hydrogen-bond donors (Lipinski definition) is 0. The fraction of sp³-hybridized carbons (Fsp3) is 0.125. The molecule has 0 atom stereocenters. The van der Waals surface area contributed by atoms with Crippen LogP contribution in [0.1, 0.15) is 12.5 Å². The van der Waals surface area contributed by atoms with Crippen molar-refractivity contribution in [2.75, 3.05) is 6.61 Å². The van der Waals surface area contributed by atoms with Crippen LogP contribution in [0.5, 0.6) is 0 Å². The molecule has 0 saturated heterocycles.